The number of carboxylic acid groups (broad SMARTS) is 3. The van der Waals surface area contributed by atoms with E-state index in [4.69, 9.17) is 36.0 Å². The van der Waals surface area contributed by atoms with Crippen LogP contribution in [-0.4, -0.2) is 59.6 Å². The third-order valence-corrected chi connectivity index (χ3v) is 1.29. The van der Waals surface area contributed by atoms with Gasteiger partial charge in [0.1, 0.15) is 0 Å². The quantitative estimate of drug-likeness (QED) is 0.223. The predicted molar refractivity (Wildman–Crippen MR) is 55.0 cm³/mol. The van der Waals surface area contributed by atoms with Gasteiger partial charge in [-0.2, -0.15) is 0 Å². The van der Waals surface area contributed by atoms with Gasteiger partial charge in [0.05, 0.1) is 12.8 Å². The molecule has 0 fully saturated rings. The van der Waals surface area contributed by atoms with Crippen LogP contribution in [0.5, 0.6) is 0 Å². The number of rotatable bonds is 5. The number of aliphatic hydroxyl groups is 1. The summed E-state index contributed by atoms with van der Waals surface area (Å²) < 4.78 is 0. The van der Waals surface area contributed by atoms with Crippen LogP contribution in [0.2, 0.25) is 0 Å². The summed E-state index contributed by atoms with van der Waals surface area (Å²) in [5, 5.41) is 53.3. The Hall–Kier alpha value is -1.87. The summed E-state index contributed by atoms with van der Waals surface area (Å²) in [5.41, 5.74) is -2.74. The molecule has 0 unspecified atom stereocenters. The van der Waals surface area contributed by atoms with Crippen molar-refractivity contribution in [1.82, 2.24) is 0 Å². The van der Waals surface area contributed by atoms with Crippen molar-refractivity contribution in [3.05, 3.63) is 0 Å². The number of aliphatic carboxylic acids is 3. The van der Waals surface area contributed by atoms with Gasteiger partial charge in [-0.3, -0.25) is 9.59 Å². The fourth-order valence-corrected chi connectivity index (χ4v) is 0.714. The van der Waals surface area contributed by atoms with Gasteiger partial charge < -0.3 is 36.0 Å². The highest BCUT2D eigenvalue weighted by atomic mass is 16.4. The maximum absolute atomic E-state index is 10.3. The number of hydrogen-bond donors (Lipinski definition) is 10. The maximum Gasteiger partial charge on any atom is 0.336 e. The van der Waals surface area contributed by atoms with Crippen molar-refractivity contribution >= 4 is 17.9 Å². The molecule has 0 aromatic heterocycles. The van der Waals surface area contributed by atoms with E-state index < -0.39 is 36.4 Å². The van der Waals surface area contributed by atoms with Crippen molar-refractivity contribution < 1.29 is 50.4 Å². The number of carboxylic acids is 3. The van der Waals surface area contributed by atoms with Crippen LogP contribution in [0.15, 0.2) is 0 Å². The molecule has 0 aromatic rings. The van der Waals surface area contributed by atoms with Crippen LogP contribution in [-0.2, 0) is 14.4 Å². The van der Waals surface area contributed by atoms with Gasteiger partial charge in [0.25, 0.3) is 0 Å². The van der Waals surface area contributed by atoms with Gasteiger partial charge in [-0.1, -0.05) is 0 Å². The molecule has 0 bridgehead atoms. The minimum Gasteiger partial charge on any atom is -0.481 e. The molecule has 0 rings (SSSR count). The Bertz CT molecular complexity index is 242. The van der Waals surface area contributed by atoms with Crippen molar-refractivity contribution in [1.29, 1.82) is 0 Å². The predicted octanol–water partition coefficient (Wildman–Crippen LogP) is -3.25. The Kier molecular flexibility index (Phi) is 21.9. The zero-order valence-corrected chi connectivity index (χ0v) is 9.50. The topological polar surface area (TPSA) is 271 Å². The smallest absolute Gasteiger partial charge is 0.336 e. The van der Waals surface area contributed by atoms with E-state index in [1.165, 1.54) is 0 Å². The van der Waals surface area contributed by atoms with E-state index in [-0.39, 0.29) is 0 Å². The highest BCUT2D eigenvalue weighted by Gasteiger charge is 2.40. The molecule has 0 aromatic carbocycles. The molecule has 13 N–H and O–H groups in total. The van der Waals surface area contributed by atoms with Crippen LogP contribution in [0, 0.1) is 0 Å². The third kappa shape index (κ3) is 16.1. The van der Waals surface area contributed by atoms with E-state index in [0.717, 1.165) is 0 Å². The molecule has 0 aliphatic heterocycles. The molecule has 0 aliphatic rings. The Morgan fingerprint density at radius 3 is 1.05 bits per heavy atom. The number of nitrogens with two attached hydrogens (primary N) is 3. The van der Waals surface area contributed by atoms with Gasteiger partial charge in [-0.25, -0.2) is 22.5 Å². The normalized spacial score (nSPS) is 8.37. The van der Waals surface area contributed by atoms with Gasteiger partial charge >= 0.3 is 17.9 Å². The number of hydrogen-bond acceptors (Lipinski definition) is 10. The molecule has 0 spiro atoms. The summed E-state index contributed by atoms with van der Waals surface area (Å²) in [6.45, 7) is 0. The van der Waals surface area contributed by atoms with E-state index in [9.17, 15) is 14.4 Å². The van der Waals surface area contributed by atoms with E-state index in [1.54, 1.807) is 0 Å². The molecule has 0 heterocycles. The second-order valence-electron chi connectivity index (χ2n) is 2.48. The van der Waals surface area contributed by atoms with Gasteiger partial charge in [0.2, 0.25) is 0 Å². The second-order valence-corrected chi connectivity index (χ2v) is 2.48. The molecule has 0 atom stereocenters. The highest BCUT2D eigenvalue weighted by Crippen LogP contribution is 2.15. The zero-order chi connectivity index (χ0) is 16.6. The summed E-state index contributed by atoms with van der Waals surface area (Å²) in [6.07, 6.45) is -2.29. The largest absolute Gasteiger partial charge is 0.481 e. The zero-order valence-electron chi connectivity index (χ0n) is 9.50. The van der Waals surface area contributed by atoms with E-state index >= 15 is 0 Å². The molecular weight excluding hydrogens is 274 g/mol. The summed E-state index contributed by atoms with van der Waals surface area (Å²) >= 11 is 0. The summed E-state index contributed by atoms with van der Waals surface area (Å²) in [6, 6.07) is 0. The summed E-state index contributed by atoms with van der Waals surface area (Å²) in [7, 11) is 0. The Balaban J connectivity index is -0.000000163. The molecular formula is C6H17N3O10. The SMILES string of the molecule is NO.NO.NO.O=C(O)CC(O)(CC(=O)O)C(=O)O. The number of carbonyl (C=O) groups is 3. The van der Waals surface area contributed by atoms with E-state index in [1.807, 2.05) is 0 Å². The molecule has 0 amide bonds. The molecule has 0 radical (unpaired) electrons. The van der Waals surface area contributed by atoms with E-state index in [2.05, 4.69) is 17.7 Å². The van der Waals surface area contributed by atoms with Crippen molar-refractivity contribution in [3.63, 3.8) is 0 Å². The van der Waals surface area contributed by atoms with Crippen LogP contribution < -0.4 is 17.7 Å². The van der Waals surface area contributed by atoms with Crippen LogP contribution >= 0.6 is 0 Å². The van der Waals surface area contributed by atoms with Crippen LogP contribution in [0.1, 0.15) is 12.8 Å². The first-order valence-electron chi connectivity index (χ1n) is 3.95. The van der Waals surface area contributed by atoms with Gasteiger partial charge in [0.15, 0.2) is 5.60 Å². The lowest BCUT2D eigenvalue weighted by Gasteiger charge is -2.18. The first kappa shape index (κ1) is 25.9. The second kappa shape index (κ2) is 16.1. The van der Waals surface area contributed by atoms with Crippen molar-refractivity contribution in [2.75, 3.05) is 0 Å². The highest BCUT2D eigenvalue weighted by molar-refractivity contribution is 5.88. The molecule has 116 valence electrons. The Labute approximate surface area is 106 Å². The monoisotopic (exact) mass is 291 g/mol. The van der Waals surface area contributed by atoms with Gasteiger partial charge in [-0.15, -0.1) is 0 Å². The van der Waals surface area contributed by atoms with Crippen molar-refractivity contribution in [2.45, 2.75) is 18.4 Å². The summed E-state index contributed by atoms with van der Waals surface area (Å²) in [4.78, 5) is 30.5. The lowest BCUT2D eigenvalue weighted by molar-refractivity contribution is -0.170. The van der Waals surface area contributed by atoms with Crippen LogP contribution in [0.4, 0.5) is 0 Å². The summed E-state index contributed by atoms with van der Waals surface area (Å²) in [5.74, 6) is 5.48. The maximum atomic E-state index is 10.3. The molecule has 0 aliphatic carbocycles. The molecule has 19 heavy (non-hydrogen) atoms. The minimum absolute atomic E-state index is 1.14. The molecule has 0 saturated heterocycles. The van der Waals surface area contributed by atoms with Gasteiger partial charge in [0, 0.05) is 0 Å². The van der Waals surface area contributed by atoms with Crippen LogP contribution in [0.25, 0.3) is 0 Å². The lowest BCUT2D eigenvalue weighted by Crippen LogP contribution is -2.42. The Morgan fingerprint density at radius 2 is 0.947 bits per heavy atom. The molecule has 13 nitrogen and oxygen atoms in total. The standard InChI is InChI=1S/C6H8O7.3H3NO/c7-3(8)1-6(13,5(11)12)2-4(9)10;3*1-2/h13H,1-2H2,(H,7,8)(H,9,10)(H,11,12);3*2H,1H2. The first-order valence-corrected chi connectivity index (χ1v) is 3.95. The molecule has 0 saturated carbocycles. The lowest BCUT2D eigenvalue weighted by atomic mass is 9.96. The fourth-order valence-electron chi connectivity index (χ4n) is 0.714. The van der Waals surface area contributed by atoms with E-state index in [0.29, 0.717) is 0 Å². The third-order valence-electron chi connectivity index (χ3n) is 1.29. The fraction of sp³-hybridized carbons (Fsp3) is 0.500. The van der Waals surface area contributed by atoms with Gasteiger partial charge in [-0.05, 0) is 0 Å². The Morgan fingerprint density at radius 1 is 0.737 bits per heavy atom. The average Bonchev–Trinajstić information content (AvgIpc) is 2.34. The van der Waals surface area contributed by atoms with Crippen LogP contribution in [0.3, 0.4) is 0 Å². The first-order chi connectivity index (χ1) is 8.78. The van der Waals surface area contributed by atoms with Crippen molar-refractivity contribution in [2.24, 2.45) is 17.7 Å². The molecule has 13 heteroatoms. The average molecular weight is 291 g/mol. The minimum atomic E-state index is -2.74. The van der Waals surface area contributed by atoms with Crippen molar-refractivity contribution in [3.8, 4) is 0 Å².